The predicted molar refractivity (Wildman–Crippen MR) is 186 cm³/mol. The average molecular weight is 671 g/mol. The minimum Gasteiger partial charge on any atom is -0.486 e. The van der Waals surface area contributed by atoms with Gasteiger partial charge in [0.1, 0.15) is 36.0 Å². The van der Waals surface area contributed by atoms with Crippen LogP contribution in [0.2, 0.25) is 5.02 Å². The van der Waals surface area contributed by atoms with Crippen LogP contribution in [0.25, 0.3) is 10.9 Å². The summed E-state index contributed by atoms with van der Waals surface area (Å²) < 4.78 is 17.6. The van der Waals surface area contributed by atoms with Gasteiger partial charge in [0.2, 0.25) is 5.91 Å². The highest BCUT2D eigenvalue weighted by atomic mass is 35.5. The third-order valence-corrected chi connectivity index (χ3v) is 7.94. The molecule has 1 saturated heterocycles. The Hall–Kier alpha value is -4.73. The van der Waals surface area contributed by atoms with Crippen molar-refractivity contribution in [3.63, 3.8) is 0 Å². The Morgan fingerprint density at radius 2 is 1.98 bits per heavy atom. The van der Waals surface area contributed by atoms with Crippen molar-refractivity contribution in [1.29, 1.82) is 5.26 Å². The number of nitrogens with one attached hydrogen (secondary N) is 3. The second kappa shape index (κ2) is 18.0. The van der Waals surface area contributed by atoms with Gasteiger partial charge in [-0.05, 0) is 61.9 Å². The lowest BCUT2D eigenvalue weighted by Gasteiger charge is -2.19. The van der Waals surface area contributed by atoms with E-state index in [2.05, 4.69) is 32.0 Å². The summed E-state index contributed by atoms with van der Waals surface area (Å²) in [7, 11) is 0. The number of fused-ring (bicyclic) bond motifs is 1. The van der Waals surface area contributed by atoms with E-state index in [-0.39, 0.29) is 25.2 Å². The molecule has 1 amide bonds. The van der Waals surface area contributed by atoms with Crippen LogP contribution in [-0.4, -0.2) is 60.0 Å². The van der Waals surface area contributed by atoms with Gasteiger partial charge >= 0.3 is 0 Å². The number of aromatic nitrogens is 2. The number of nitriles is 1. The summed E-state index contributed by atoms with van der Waals surface area (Å²) >= 11 is 6.58. The molecule has 0 bridgehead atoms. The van der Waals surface area contributed by atoms with Crippen molar-refractivity contribution in [2.75, 3.05) is 43.5 Å². The molecule has 250 valence electrons. The Labute approximate surface area is 284 Å². The number of carbonyl (C=O) groups excluding carboxylic acids is 1. The van der Waals surface area contributed by atoms with Crippen molar-refractivity contribution in [3.8, 4) is 17.6 Å². The molecule has 0 spiro atoms. The molecule has 1 atom stereocenters. The number of pyridine rings is 2. The number of hydrogen-bond acceptors (Lipinski definition) is 10. The van der Waals surface area contributed by atoms with Crippen LogP contribution in [0.15, 0.2) is 73.1 Å². The summed E-state index contributed by atoms with van der Waals surface area (Å²) in [5.74, 6) is 0.617. The number of ether oxygens (including phenoxy) is 3. The van der Waals surface area contributed by atoms with E-state index in [1.54, 1.807) is 36.5 Å². The third-order valence-electron chi connectivity index (χ3n) is 7.65. The molecule has 11 nitrogen and oxygen atoms in total. The number of unbranched alkanes of at least 4 members (excludes halogenated alkanes) is 3. The zero-order chi connectivity index (χ0) is 33.6. The van der Waals surface area contributed by atoms with E-state index in [9.17, 15) is 10.1 Å². The van der Waals surface area contributed by atoms with Crippen molar-refractivity contribution in [1.82, 2.24) is 15.3 Å². The van der Waals surface area contributed by atoms with Crippen LogP contribution in [0.1, 0.15) is 43.4 Å². The molecule has 4 aromatic rings. The van der Waals surface area contributed by atoms with Gasteiger partial charge in [-0.2, -0.15) is 5.26 Å². The van der Waals surface area contributed by atoms with Gasteiger partial charge in [0, 0.05) is 49.1 Å². The van der Waals surface area contributed by atoms with E-state index in [1.165, 1.54) is 12.3 Å². The fourth-order valence-corrected chi connectivity index (χ4v) is 5.41. The molecule has 0 aliphatic carbocycles. The lowest BCUT2D eigenvalue weighted by molar-refractivity contribution is -0.111. The summed E-state index contributed by atoms with van der Waals surface area (Å²) in [6.07, 6.45) is 10.9. The van der Waals surface area contributed by atoms with E-state index in [0.717, 1.165) is 44.3 Å². The normalized spacial score (nSPS) is 14.2. The highest BCUT2D eigenvalue weighted by molar-refractivity contribution is 6.32. The van der Waals surface area contributed by atoms with Crippen LogP contribution in [0, 0.1) is 11.3 Å². The first-order valence-electron chi connectivity index (χ1n) is 16.0. The van der Waals surface area contributed by atoms with Gasteiger partial charge in [-0.25, -0.2) is 0 Å². The van der Waals surface area contributed by atoms with Gasteiger partial charge in [-0.15, -0.1) is 0 Å². The molecule has 3 heterocycles. The van der Waals surface area contributed by atoms with Crippen LogP contribution in [0.4, 0.5) is 17.1 Å². The van der Waals surface area contributed by atoms with Gasteiger partial charge in [0.15, 0.2) is 0 Å². The Kier molecular flexibility index (Phi) is 13.0. The smallest absolute Gasteiger partial charge is 0.248 e. The van der Waals surface area contributed by atoms with Crippen LogP contribution in [0.3, 0.4) is 0 Å². The van der Waals surface area contributed by atoms with Crippen molar-refractivity contribution < 1.29 is 24.1 Å². The summed E-state index contributed by atoms with van der Waals surface area (Å²) in [6.45, 7) is 2.92. The van der Waals surface area contributed by atoms with Gasteiger partial charge in [-0.3, -0.25) is 14.8 Å². The summed E-state index contributed by atoms with van der Waals surface area (Å²) in [5, 5.41) is 29.5. The number of benzene rings is 2. The number of nitrogens with zero attached hydrogens (tertiary/aromatic N) is 3. The topological polar surface area (TPSA) is 151 Å². The van der Waals surface area contributed by atoms with Crippen molar-refractivity contribution in [3.05, 3.63) is 89.4 Å². The summed E-state index contributed by atoms with van der Waals surface area (Å²) in [5.41, 5.74) is 3.08. The van der Waals surface area contributed by atoms with Gasteiger partial charge in [0.25, 0.3) is 0 Å². The minimum absolute atomic E-state index is 0.160. The second-order valence-electron chi connectivity index (χ2n) is 11.2. The third kappa shape index (κ3) is 9.65. The quantitative estimate of drug-likeness (QED) is 0.0746. The van der Waals surface area contributed by atoms with Crippen LogP contribution < -0.4 is 25.4 Å². The number of amides is 1. The first-order chi connectivity index (χ1) is 23.6. The highest BCUT2D eigenvalue weighted by Crippen LogP contribution is 2.39. The van der Waals surface area contributed by atoms with E-state index < -0.39 is 0 Å². The number of halogens is 1. The van der Waals surface area contributed by atoms with Crippen LogP contribution in [-0.2, 0) is 16.1 Å². The molecule has 12 heteroatoms. The number of aliphatic hydroxyl groups is 1. The largest absolute Gasteiger partial charge is 0.486 e. The molecule has 0 unspecified atom stereocenters. The molecule has 1 aliphatic heterocycles. The lowest BCUT2D eigenvalue weighted by Crippen LogP contribution is -2.18. The molecule has 4 N–H and O–H groups in total. The zero-order valence-electron chi connectivity index (χ0n) is 26.6. The summed E-state index contributed by atoms with van der Waals surface area (Å²) in [4.78, 5) is 22.0. The molecule has 1 fully saturated rings. The number of aliphatic hydroxyl groups excluding tert-OH is 1. The molecule has 48 heavy (non-hydrogen) atoms. The SMILES string of the molecule is N#Cc1cnc2c(NC(=O)/C=C/CNCCCCCCO)c(O[C@H]3CCOC3)ccc2c1Nc1ccc(OCc2ccccn2)c(Cl)c1. The number of rotatable bonds is 17. The maximum Gasteiger partial charge on any atom is 0.248 e. The monoisotopic (exact) mass is 670 g/mol. The number of hydrogen-bond donors (Lipinski definition) is 4. The van der Waals surface area contributed by atoms with Gasteiger partial charge in [-0.1, -0.05) is 36.6 Å². The molecular weight excluding hydrogens is 632 g/mol. The first-order valence-corrected chi connectivity index (χ1v) is 16.4. The molecule has 0 radical (unpaired) electrons. The fraction of sp³-hybridized carbons (Fsp3) is 0.333. The maximum absolute atomic E-state index is 13.1. The first kappa shape index (κ1) is 34.6. The molecule has 0 saturated carbocycles. The molecule has 5 rings (SSSR count). The standard InChI is InChI=1S/C36H39ClN6O5/c37-30-20-26(10-12-31(30)47-23-27-8-3-5-17-40-27)42-34-25(21-38)22-41-35-29(34)11-13-32(48-28-14-19-46-24-28)36(35)43-33(45)9-7-16-39-15-4-1-2-6-18-44/h3,5,7-13,17,20,22,28,39,44H,1-2,4,6,14-16,18-19,23-24H2,(H,41,42)(H,43,45)/b9-7+/t28-/m0/s1. The Balaban J connectivity index is 1.35. The fourth-order valence-electron chi connectivity index (χ4n) is 5.18. The number of anilines is 3. The summed E-state index contributed by atoms with van der Waals surface area (Å²) in [6, 6.07) is 16.7. The zero-order valence-corrected chi connectivity index (χ0v) is 27.3. The molecule has 2 aromatic carbocycles. The van der Waals surface area contributed by atoms with E-state index in [1.807, 2.05) is 24.3 Å². The maximum atomic E-state index is 13.1. The highest BCUT2D eigenvalue weighted by Gasteiger charge is 2.22. The Morgan fingerprint density at radius 1 is 1.10 bits per heavy atom. The average Bonchev–Trinajstić information content (AvgIpc) is 3.62. The Morgan fingerprint density at radius 3 is 2.75 bits per heavy atom. The molecule has 2 aromatic heterocycles. The van der Waals surface area contributed by atoms with E-state index in [4.69, 9.17) is 30.9 Å². The minimum atomic E-state index is -0.339. The second-order valence-corrected chi connectivity index (χ2v) is 11.6. The van der Waals surface area contributed by atoms with E-state index >= 15 is 0 Å². The molecular formula is C36H39ClN6O5. The van der Waals surface area contributed by atoms with Crippen LogP contribution >= 0.6 is 11.6 Å². The lowest BCUT2D eigenvalue weighted by atomic mass is 10.1. The van der Waals surface area contributed by atoms with Crippen molar-refractivity contribution >= 4 is 45.5 Å². The van der Waals surface area contributed by atoms with Crippen molar-refractivity contribution in [2.24, 2.45) is 0 Å². The van der Waals surface area contributed by atoms with Crippen molar-refractivity contribution in [2.45, 2.75) is 44.8 Å². The predicted octanol–water partition coefficient (Wildman–Crippen LogP) is 6.28. The molecule has 1 aliphatic rings. The number of carbonyl (C=O) groups is 1. The van der Waals surface area contributed by atoms with Gasteiger partial charge in [0.05, 0.1) is 40.7 Å². The van der Waals surface area contributed by atoms with E-state index in [0.29, 0.717) is 69.8 Å². The van der Waals surface area contributed by atoms with Crippen LogP contribution in [0.5, 0.6) is 11.5 Å². The van der Waals surface area contributed by atoms with Gasteiger partial charge < -0.3 is 35.3 Å². The Bertz CT molecular complexity index is 1740.